The minimum absolute atomic E-state index is 0.0875. The van der Waals surface area contributed by atoms with Gasteiger partial charge in [0.15, 0.2) is 0 Å². The molecule has 1 heterocycles. The summed E-state index contributed by atoms with van der Waals surface area (Å²) in [5.74, 6) is 0.594. The van der Waals surface area contributed by atoms with Crippen LogP contribution in [-0.2, 0) is 9.47 Å². The fourth-order valence-corrected chi connectivity index (χ4v) is 1.91. The molecule has 0 spiro atoms. The Hall–Kier alpha value is 0.210. The minimum Gasteiger partial charge on any atom is -0.385 e. The molecule has 0 bridgehead atoms. The van der Waals surface area contributed by atoms with Crippen molar-refractivity contribution in [2.75, 3.05) is 26.2 Å². The Balaban J connectivity index is 2.37. The average Bonchev–Trinajstić information content (AvgIpc) is 2.16. The lowest BCUT2D eigenvalue weighted by Gasteiger charge is -2.35. The Kier molecular flexibility index (Phi) is 4.33. The van der Waals surface area contributed by atoms with Crippen LogP contribution in [0.2, 0.25) is 0 Å². The first-order valence-electron chi connectivity index (χ1n) is 4.52. The fraction of sp³-hybridized carbons (Fsp3) is 1.00. The second-order valence-electron chi connectivity index (χ2n) is 3.37. The molecule has 1 saturated heterocycles. The van der Waals surface area contributed by atoms with E-state index in [1.54, 1.807) is 7.11 Å². The van der Waals surface area contributed by atoms with Gasteiger partial charge in [0.25, 0.3) is 0 Å². The van der Waals surface area contributed by atoms with Crippen molar-refractivity contribution in [3.8, 4) is 0 Å². The summed E-state index contributed by atoms with van der Waals surface area (Å²) in [6.45, 7) is 1.60. The maximum Gasteiger partial charge on any atom is 0.0839 e. The van der Waals surface area contributed by atoms with Crippen molar-refractivity contribution in [1.29, 1.82) is 0 Å². The summed E-state index contributed by atoms with van der Waals surface area (Å²) in [6, 6.07) is 0. The van der Waals surface area contributed by atoms with Crippen molar-refractivity contribution in [1.82, 2.24) is 0 Å². The van der Waals surface area contributed by atoms with Crippen molar-refractivity contribution in [3.05, 3.63) is 0 Å². The fourth-order valence-electron chi connectivity index (χ4n) is 1.57. The molecule has 12 heavy (non-hydrogen) atoms. The van der Waals surface area contributed by atoms with Crippen LogP contribution in [0.3, 0.4) is 0 Å². The molecule has 0 radical (unpaired) electrons. The molecule has 1 aliphatic rings. The number of hydrogen-bond donors (Lipinski definition) is 0. The van der Waals surface area contributed by atoms with Crippen LogP contribution in [0.4, 0.5) is 0 Å². The second kappa shape index (κ2) is 5.05. The van der Waals surface area contributed by atoms with E-state index in [4.69, 9.17) is 21.1 Å². The SMILES string of the molecule is COCCC1(CCl)CCCCO1. The number of ether oxygens (including phenoxy) is 2. The molecule has 0 amide bonds. The molecule has 1 rings (SSSR count). The highest BCUT2D eigenvalue weighted by atomic mass is 35.5. The molecule has 0 N–H and O–H groups in total. The van der Waals surface area contributed by atoms with Crippen LogP contribution in [0, 0.1) is 0 Å². The van der Waals surface area contributed by atoms with Gasteiger partial charge in [0.1, 0.15) is 0 Å². The number of rotatable bonds is 4. The predicted octanol–water partition coefficient (Wildman–Crippen LogP) is 2.20. The topological polar surface area (TPSA) is 18.5 Å². The molecule has 2 nitrogen and oxygen atoms in total. The zero-order valence-electron chi connectivity index (χ0n) is 7.64. The van der Waals surface area contributed by atoms with Gasteiger partial charge in [-0.15, -0.1) is 11.6 Å². The summed E-state index contributed by atoms with van der Waals surface area (Å²) in [5, 5.41) is 0. The van der Waals surface area contributed by atoms with Crippen LogP contribution in [0.1, 0.15) is 25.7 Å². The van der Waals surface area contributed by atoms with Gasteiger partial charge in [-0.25, -0.2) is 0 Å². The van der Waals surface area contributed by atoms with E-state index in [9.17, 15) is 0 Å². The first-order chi connectivity index (χ1) is 5.83. The molecular weight excluding hydrogens is 176 g/mol. The Morgan fingerprint density at radius 1 is 1.50 bits per heavy atom. The lowest BCUT2D eigenvalue weighted by molar-refractivity contribution is -0.0770. The first-order valence-corrected chi connectivity index (χ1v) is 5.05. The van der Waals surface area contributed by atoms with Gasteiger partial charge in [-0.1, -0.05) is 0 Å². The monoisotopic (exact) mass is 192 g/mol. The summed E-state index contributed by atoms with van der Waals surface area (Å²) in [6.07, 6.45) is 4.41. The van der Waals surface area contributed by atoms with Gasteiger partial charge in [-0.2, -0.15) is 0 Å². The number of methoxy groups -OCH3 is 1. The summed E-state index contributed by atoms with van der Waals surface area (Å²) in [7, 11) is 1.71. The average molecular weight is 193 g/mol. The van der Waals surface area contributed by atoms with Crippen molar-refractivity contribution >= 4 is 11.6 Å². The van der Waals surface area contributed by atoms with E-state index in [2.05, 4.69) is 0 Å². The number of halogens is 1. The first kappa shape index (κ1) is 10.3. The zero-order valence-corrected chi connectivity index (χ0v) is 8.40. The van der Waals surface area contributed by atoms with E-state index in [1.165, 1.54) is 12.8 Å². The van der Waals surface area contributed by atoms with Gasteiger partial charge in [-0.05, 0) is 19.3 Å². The molecule has 3 heteroatoms. The van der Waals surface area contributed by atoms with E-state index in [0.717, 1.165) is 26.1 Å². The predicted molar refractivity (Wildman–Crippen MR) is 49.7 cm³/mol. The molecule has 72 valence electrons. The zero-order chi connectivity index (χ0) is 8.86. The number of hydrogen-bond acceptors (Lipinski definition) is 2. The third-order valence-corrected chi connectivity index (χ3v) is 2.93. The van der Waals surface area contributed by atoms with E-state index < -0.39 is 0 Å². The van der Waals surface area contributed by atoms with E-state index in [1.807, 2.05) is 0 Å². The molecule has 0 saturated carbocycles. The molecule has 1 unspecified atom stereocenters. The molecule has 1 atom stereocenters. The van der Waals surface area contributed by atoms with Gasteiger partial charge in [-0.3, -0.25) is 0 Å². The number of alkyl halides is 1. The van der Waals surface area contributed by atoms with Crippen molar-refractivity contribution < 1.29 is 9.47 Å². The van der Waals surface area contributed by atoms with Crippen molar-refractivity contribution in [3.63, 3.8) is 0 Å². The molecule has 1 aliphatic heterocycles. The van der Waals surface area contributed by atoms with E-state index >= 15 is 0 Å². The van der Waals surface area contributed by atoms with Crippen molar-refractivity contribution in [2.24, 2.45) is 0 Å². The smallest absolute Gasteiger partial charge is 0.0839 e. The maximum atomic E-state index is 5.89. The van der Waals surface area contributed by atoms with Crippen LogP contribution in [0.5, 0.6) is 0 Å². The van der Waals surface area contributed by atoms with Crippen molar-refractivity contribution in [2.45, 2.75) is 31.3 Å². The second-order valence-corrected chi connectivity index (χ2v) is 3.63. The van der Waals surface area contributed by atoms with Crippen LogP contribution in [0.15, 0.2) is 0 Å². The maximum absolute atomic E-state index is 5.89. The van der Waals surface area contributed by atoms with Gasteiger partial charge >= 0.3 is 0 Å². The highest BCUT2D eigenvalue weighted by Crippen LogP contribution is 2.29. The lowest BCUT2D eigenvalue weighted by atomic mass is 9.93. The third-order valence-electron chi connectivity index (χ3n) is 2.44. The van der Waals surface area contributed by atoms with E-state index in [-0.39, 0.29) is 5.60 Å². The molecule has 0 aromatic rings. The van der Waals surface area contributed by atoms with Crippen LogP contribution in [0.25, 0.3) is 0 Å². The van der Waals surface area contributed by atoms with Crippen LogP contribution < -0.4 is 0 Å². The lowest BCUT2D eigenvalue weighted by Crippen LogP contribution is -2.39. The van der Waals surface area contributed by atoms with Crippen LogP contribution >= 0.6 is 11.6 Å². The Bertz CT molecular complexity index is 122. The molecule has 0 aromatic heterocycles. The Labute approximate surface area is 79.2 Å². The molecule has 0 aliphatic carbocycles. The van der Waals surface area contributed by atoms with Gasteiger partial charge < -0.3 is 9.47 Å². The molecule has 1 fully saturated rings. The summed E-state index contributed by atoms with van der Waals surface area (Å²) < 4.78 is 10.7. The standard InChI is InChI=1S/C9H17ClO2/c1-11-7-5-9(8-10)4-2-3-6-12-9/h2-8H2,1H3. The summed E-state index contributed by atoms with van der Waals surface area (Å²) >= 11 is 5.89. The van der Waals surface area contributed by atoms with Gasteiger partial charge in [0.2, 0.25) is 0 Å². The minimum atomic E-state index is -0.0875. The van der Waals surface area contributed by atoms with Crippen LogP contribution in [-0.4, -0.2) is 31.8 Å². The quantitative estimate of drug-likeness (QED) is 0.636. The third kappa shape index (κ3) is 2.61. The van der Waals surface area contributed by atoms with E-state index in [0.29, 0.717) is 5.88 Å². The normalized spacial score (nSPS) is 30.5. The largest absolute Gasteiger partial charge is 0.385 e. The summed E-state index contributed by atoms with van der Waals surface area (Å²) in [4.78, 5) is 0. The summed E-state index contributed by atoms with van der Waals surface area (Å²) in [5.41, 5.74) is -0.0875. The highest BCUT2D eigenvalue weighted by Gasteiger charge is 2.31. The van der Waals surface area contributed by atoms with Gasteiger partial charge in [0.05, 0.1) is 11.5 Å². The van der Waals surface area contributed by atoms with Gasteiger partial charge in [0, 0.05) is 26.7 Å². The molecule has 0 aromatic carbocycles. The molecular formula is C9H17ClO2. The Morgan fingerprint density at radius 3 is 2.83 bits per heavy atom. The highest BCUT2D eigenvalue weighted by molar-refractivity contribution is 6.18. The Morgan fingerprint density at radius 2 is 2.33 bits per heavy atom.